The van der Waals surface area contributed by atoms with Crippen molar-refractivity contribution < 1.29 is 22.1 Å². The van der Waals surface area contributed by atoms with Crippen molar-refractivity contribution in [2.75, 3.05) is 13.2 Å². The fourth-order valence-electron chi connectivity index (χ4n) is 2.87. The number of carbonyl (C=O) groups excluding carboxylic acids is 1. The van der Waals surface area contributed by atoms with Gasteiger partial charge in [-0.1, -0.05) is 47.6 Å². The molecule has 1 saturated carbocycles. The lowest BCUT2D eigenvalue weighted by Crippen LogP contribution is -2.36. The molecule has 0 N–H and O–H groups in total. The predicted octanol–water partition coefficient (Wildman–Crippen LogP) is 2.18. The lowest BCUT2D eigenvalue weighted by Gasteiger charge is -2.18. The van der Waals surface area contributed by atoms with Crippen LogP contribution in [0.25, 0.3) is 0 Å². The first-order chi connectivity index (χ1) is 9.65. The number of fused-ring (bicyclic) bond motifs is 1. The van der Waals surface area contributed by atoms with E-state index in [9.17, 15) is 13.2 Å². The predicted molar refractivity (Wildman–Crippen MR) is 78.6 cm³/mol. The molecular formula is C11H16Cl3NO5S. The van der Waals surface area contributed by atoms with Crippen LogP contribution in [0.2, 0.25) is 0 Å². The number of halogens is 3. The third-order valence-electron chi connectivity index (χ3n) is 3.69. The van der Waals surface area contributed by atoms with Gasteiger partial charge in [0, 0.05) is 0 Å². The third-order valence-corrected chi connectivity index (χ3v) is 5.49. The summed E-state index contributed by atoms with van der Waals surface area (Å²) in [5.74, 6) is -0.532. The van der Waals surface area contributed by atoms with E-state index in [0.29, 0.717) is 12.8 Å². The smallest absolute Gasteiger partial charge is 0.339 e. The van der Waals surface area contributed by atoms with E-state index in [1.165, 1.54) is 0 Å². The van der Waals surface area contributed by atoms with E-state index in [2.05, 4.69) is 0 Å². The Labute approximate surface area is 138 Å². The summed E-state index contributed by atoms with van der Waals surface area (Å²) in [4.78, 5) is 12.2. The summed E-state index contributed by atoms with van der Waals surface area (Å²) >= 11 is 16.5. The average Bonchev–Trinajstić information content (AvgIpc) is 3.07. The van der Waals surface area contributed by atoms with Gasteiger partial charge in [-0.25, -0.2) is 4.79 Å². The van der Waals surface area contributed by atoms with Crippen molar-refractivity contribution in [1.82, 2.24) is 4.31 Å². The van der Waals surface area contributed by atoms with Crippen molar-refractivity contribution in [3.05, 3.63) is 0 Å². The maximum Gasteiger partial charge on any atom is 0.339 e. The highest BCUT2D eigenvalue weighted by atomic mass is 35.6. The Hall–Kier alpha value is 0.210. The van der Waals surface area contributed by atoms with Crippen LogP contribution >= 0.6 is 34.8 Å². The highest BCUT2D eigenvalue weighted by Crippen LogP contribution is 2.54. The lowest BCUT2D eigenvalue weighted by molar-refractivity contribution is -0.147. The van der Waals surface area contributed by atoms with E-state index in [1.807, 2.05) is 0 Å². The standard InChI is InChI=1S/C11H16Cl3NO5S/c1-2-19-9(16)10-6-4-3-5-8(10)15(10)21(17,18)20-7-11(12,13)14/h8H,2-7H2,1H3. The average molecular weight is 381 g/mol. The molecule has 10 heteroatoms. The summed E-state index contributed by atoms with van der Waals surface area (Å²) in [5, 5.41) is 0. The SMILES string of the molecule is CCOC(=O)C12CCCCC1N2S(=O)(=O)OCC(Cl)(Cl)Cl. The molecule has 0 aromatic carbocycles. The minimum absolute atomic E-state index is 0.191. The number of hydrogen-bond acceptors (Lipinski definition) is 5. The number of hydrogen-bond donors (Lipinski definition) is 0. The molecule has 1 aliphatic heterocycles. The largest absolute Gasteiger partial charge is 0.465 e. The number of nitrogens with zero attached hydrogens (tertiary/aromatic N) is 1. The molecule has 0 bridgehead atoms. The first kappa shape index (κ1) is 17.6. The van der Waals surface area contributed by atoms with Crippen LogP contribution < -0.4 is 0 Å². The van der Waals surface area contributed by atoms with Gasteiger partial charge in [0.15, 0.2) is 5.54 Å². The first-order valence-corrected chi connectivity index (χ1v) is 9.08. The van der Waals surface area contributed by atoms with E-state index in [4.69, 9.17) is 43.7 Å². The number of ether oxygens (including phenoxy) is 1. The van der Waals surface area contributed by atoms with Crippen LogP contribution in [0.4, 0.5) is 0 Å². The second-order valence-corrected chi connectivity index (χ2v) is 9.04. The molecule has 1 saturated heterocycles. The minimum atomic E-state index is -4.15. The van der Waals surface area contributed by atoms with Crippen molar-refractivity contribution in [2.24, 2.45) is 0 Å². The van der Waals surface area contributed by atoms with Gasteiger partial charge in [-0.15, -0.1) is 0 Å². The van der Waals surface area contributed by atoms with Gasteiger partial charge in [0.1, 0.15) is 6.61 Å². The number of alkyl halides is 3. The van der Waals surface area contributed by atoms with Crippen LogP contribution in [0.1, 0.15) is 32.6 Å². The molecule has 3 atom stereocenters. The van der Waals surface area contributed by atoms with Crippen LogP contribution in [0, 0.1) is 0 Å². The molecule has 0 spiro atoms. The first-order valence-electron chi connectivity index (χ1n) is 6.58. The summed E-state index contributed by atoms with van der Waals surface area (Å²) in [6.45, 7) is 1.26. The summed E-state index contributed by atoms with van der Waals surface area (Å²) in [6, 6.07) is -0.425. The third kappa shape index (κ3) is 3.43. The van der Waals surface area contributed by atoms with Gasteiger partial charge < -0.3 is 4.74 Å². The Morgan fingerprint density at radius 2 is 2.05 bits per heavy atom. The Balaban J connectivity index is 2.17. The zero-order chi connectivity index (χ0) is 15.9. The molecule has 6 nitrogen and oxygen atoms in total. The summed E-state index contributed by atoms with van der Waals surface area (Å²) in [5.41, 5.74) is -1.14. The highest BCUT2D eigenvalue weighted by molar-refractivity contribution is 7.84. The van der Waals surface area contributed by atoms with Crippen LogP contribution in [0.15, 0.2) is 0 Å². The Kier molecular flexibility index (Phi) is 5.03. The second-order valence-electron chi connectivity index (χ2n) is 5.04. The number of carbonyl (C=O) groups is 1. The minimum Gasteiger partial charge on any atom is -0.465 e. The van der Waals surface area contributed by atoms with E-state index >= 15 is 0 Å². The molecule has 2 rings (SSSR count). The molecule has 3 unspecified atom stereocenters. The molecule has 122 valence electrons. The molecule has 2 fully saturated rings. The Morgan fingerprint density at radius 1 is 1.38 bits per heavy atom. The van der Waals surface area contributed by atoms with Gasteiger partial charge in [-0.2, -0.15) is 12.7 Å². The maximum absolute atomic E-state index is 12.2. The number of esters is 1. The van der Waals surface area contributed by atoms with Gasteiger partial charge in [-0.3, -0.25) is 4.18 Å². The summed E-state index contributed by atoms with van der Waals surface area (Å²) < 4.78 is 33.5. The number of rotatable bonds is 5. The molecular weight excluding hydrogens is 365 g/mol. The van der Waals surface area contributed by atoms with E-state index in [-0.39, 0.29) is 6.61 Å². The van der Waals surface area contributed by atoms with Gasteiger partial charge in [0.2, 0.25) is 3.79 Å². The van der Waals surface area contributed by atoms with Gasteiger partial charge >= 0.3 is 16.3 Å². The maximum atomic E-state index is 12.2. The van der Waals surface area contributed by atoms with E-state index in [1.54, 1.807) is 6.92 Å². The fourth-order valence-corrected chi connectivity index (χ4v) is 4.90. The molecule has 1 heterocycles. The topological polar surface area (TPSA) is 72.7 Å². The lowest BCUT2D eigenvalue weighted by atomic mass is 9.89. The fraction of sp³-hybridized carbons (Fsp3) is 0.909. The molecule has 2 aliphatic rings. The van der Waals surface area contributed by atoms with Crippen LogP contribution in [-0.4, -0.2) is 47.3 Å². The summed E-state index contributed by atoms with van der Waals surface area (Å²) in [7, 11) is -4.15. The highest BCUT2D eigenvalue weighted by Gasteiger charge is 2.74. The summed E-state index contributed by atoms with van der Waals surface area (Å²) in [6.07, 6.45) is 2.62. The Morgan fingerprint density at radius 3 is 2.62 bits per heavy atom. The zero-order valence-electron chi connectivity index (χ0n) is 11.4. The van der Waals surface area contributed by atoms with Crippen molar-refractivity contribution in [3.63, 3.8) is 0 Å². The van der Waals surface area contributed by atoms with Gasteiger partial charge in [-0.05, 0) is 19.8 Å². The Bertz CT molecular complexity index is 520. The van der Waals surface area contributed by atoms with Crippen molar-refractivity contribution >= 4 is 51.1 Å². The molecule has 0 amide bonds. The molecule has 1 aliphatic carbocycles. The van der Waals surface area contributed by atoms with Gasteiger partial charge in [0.05, 0.1) is 12.6 Å². The van der Waals surface area contributed by atoms with Crippen LogP contribution in [-0.2, 0) is 24.0 Å². The van der Waals surface area contributed by atoms with Crippen molar-refractivity contribution in [1.29, 1.82) is 0 Å². The normalized spacial score (nSPS) is 32.4. The molecule has 21 heavy (non-hydrogen) atoms. The van der Waals surface area contributed by atoms with Crippen LogP contribution in [0.5, 0.6) is 0 Å². The van der Waals surface area contributed by atoms with E-state index in [0.717, 1.165) is 17.1 Å². The zero-order valence-corrected chi connectivity index (χ0v) is 14.4. The second kappa shape index (κ2) is 6.02. The monoisotopic (exact) mass is 379 g/mol. The molecule has 0 aromatic rings. The quantitative estimate of drug-likeness (QED) is 0.415. The van der Waals surface area contributed by atoms with Crippen molar-refractivity contribution in [3.8, 4) is 0 Å². The van der Waals surface area contributed by atoms with Gasteiger partial charge in [0.25, 0.3) is 0 Å². The molecule has 0 radical (unpaired) electrons. The molecule has 0 aromatic heterocycles. The van der Waals surface area contributed by atoms with Crippen molar-refractivity contribution in [2.45, 2.75) is 48.0 Å². The van der Waals surface area contributed by atoms with Crippen LogP contribution in [0.3, 0.4) is 0 Å². The van der Waals surface area contributed by atoms with E-state index < -0.39 is 38.3 Å².